The summed E-state index contributed by atoms with van der Waals surface area (Å²) in [5.41, 5.74) is 1.63. The van der Waals surface area contributed by atoms with Crippen molar-refractivity contribution in [3.8, 4) is 5.75 Å². The molecule has 2 heterocycles. The van der Waals surface area contributed by atoms with Crippen LogP contribution in [0.1, 0.15) is 30.9 Å². The van der Waals surface area contributed by atoms with Crippen molar-refractivity contribution in [3.63, 3.8) is 0 Å². The first-order valence-electron chi connectivity index (χ1n) is 9.30. The van der Waals surface area contributed by atoms with Gasteiger partial charge in [0.05, 0.1) is 12.7 Å². The molecule has 1 N–H and O–H groups in total. The van der Waals surface area contributed by atoms with E-state index in [-0.39, 0.29) is 12.6 Å². The van der Waals surface area contributed by atoms with Gasteiger partial charge in [-0.25, -0.2) is 4.39 Å². The van der Waals surface area contributed by atoms with Gasteiger partial charge in [0.15, 0.2) is 12.8 Å². The predicted molar refractivity (Wildman–Crippen MR) is 98.0 cm³/mol. The first kappa shape index (κ1) is 18.9. The van der Waals surface area contributed by atoms with Gasteiger partial charge in [-0.1, -0.05) is 0 Å². The monoisotopic (exact) mass is 365 g/mol. The van der Waals surface area contributed by atoms with E-state index in [1.54, 1.807) is 13.1 Å². The van der Waals surface area contributed by atoms with E-state index in [4.69, 9.17) is 14.2 Å². The minimum atomic E-state index is -0.254. The zero-order valence-electron chi connectivity index (χ0n) is 15.6. The van der Waals surface area contributed by atoms with Crippen molar-refractivity contribution < 1.29 is 18.6 Å². The van der Waals surface area contributed by atoms with Crippen molar-refractivity contribution >= 4 is 5.96 Å². The molecule has 1 aromatic rings. The molecule has 0 aliphatic carbocycles. The Morgan fingerprint density at radius 3 is 2.92 bits per heavy atom. The number of guanidine groups is 1. The number of nitrogens with zero attached hydrogens (tertiary/aromatic N) is 2. The third kappa shape index (κ3) is 4.65. The molecule has 7 heteroatoms. The second-order valence-corrected chi connectivity index (χ2v) is 6.53. The van der Waals surface area contributed by atoms with Crippen LogP contribution in [0.3, 0.4) is 0 Å². The molecule has 6 nitrogen and oxygen atoms in total. The Balaban J connectivity index is 1.53. The summed E-state index contributed by atoms with van der Waals surface area (Å²) in [5, 5.41) is 3.39. The lowest BCUT2D eigenvalue weighted by Gasteiger charge is -2.34. The average molecular weight is 365 g/mol. The summed E-state index contributed by atoms with van der Waals surface area (Å²) in [6.45, 7) is 5.94. The lowest BCUT2D eigenvalue weighted by atomic mass is 10.1. The summed E-state index contributed by atoms with van der Waals surface area (Å²) >= 11 is 0. The molecule has 144 valence electrons. The van der Waals surface area contributed by atoms with Crippen LogP contribution < -0.4 is 10.1 Å². The lowest BCUT2D eigenvalue weighted by Crippen LogP contribution is -2.47. The van der Waals surface area contributed by atoms with E-state index in [9.17, 15) is 4.39 Å². The van der Waals surface area contributed by atoms with Crippen LogP contribution in [0.2, 0.25) is 0 Å². The molecule has 2 aliphatic rings. The number of hydrogen-bond acceptors (Lipinski definition) is 4. The number of piperidine rings is 1. The Hall–Kier alpha value is -1.86. The first-order chi connectivity index (χ1) is 12.7. The largest absolute Gasteiger partial charge is 0.467 e. The summed E-state index contributed by atoms with van der Waals surface area (Å²) in [6.07, 6.45) is 3.04. The molecule has 26 heavy (non-hydrogen) atoms. The molecule has 1 saturated heterocycles. The lowest BCUT2D eigenvalue weighted by molar-refractivity contribution is -0.0172. The Kier molecular flexibility index (Phi) is 6.68. The van der Waals surface area contributed by atoms with Crippen LogP contribution in [0.5, 0.6) is 5.75 Å². The van der Waals surface area contributed by atoms with Crippen LogP contribution in [-0.4, -0.2) is 57.0 Å². The van der Waals surface area contributed by atoms with Gasteiger partial charge in [0.1, 0.15) is 11.6 Å². The molecule has 0 unspecified atom stereocenters. The van der Waals surface area contributed by atoms with Gasteiger partial charge in [0.25, 0.3) is 0 Å². The molecule has 3 rings (SSSR count). The van der Waals surface area contributed by atoms with Gasteiger partial charge in [0.2, 0.25) is 0 Å². The minimum absolute atomic E-state index is 0.218. The Morgan fingerprint density at radius 2 is 2.19 bits per heavy atom. The van der Waals surface area contributed by atoms with E-state index >= 15 is 0 Å². The van der Waals surface area contributed by atoms with Crippen LogP contribution in [0.25, 0.3) is 0 Å². The van der Waals surface area contributed by atoms with Gasteiger partial charge < -0.3 is 24.4 Å². The zero-order chi connectivity index (χ0) is 18.4. The molecule has 0 spiro atoms. The first-order valence-corrected chi connectivity index (χ1v) is 9.30. The number of rotatable bonds is 5. The number of halogens is 1. The molecule has 1 aromatic carbocycles. The number of hydrogen-bond donors (Lipinski definition) is 1. The normalized spacial score (nSPS) is 18.4. The van der Waals surface area contributed by atoms with Crippen molar-refractivity contribution in [2.24, 2.45) is 4.99 Å². The van der Waals surface area contributed by atoms with Crippen LogP contribution in [0.15, 0.2) is 17.1 Å². The maximum Gasteiger partial charge on any atom is 0.193 e. The standard InChI is InChI=1S/C19H28FN3O3/c1-3-25-17-5-8-23(9-6-17)19(21-2)22-7-4-14-10-16(20)11-15-12-24-13-26-18(14)15/h10-11,17H,3-9,12-13H2,1-2H3,(H,21,22). The molecule has 0 radical (unpaired) electrons. The molecule has 1 fully saturated rings. The zero-order valence-corrected chi connectivity index (χ0v) is 15.6. The Labute approximate surface area is 154 Å². The topological polar surface area (TPSA) is 55.3 Å². The summed E-state index contributed by atoms with van der Waals surface area (Å²) in [4.78, 5) is 6.64. The molecular formula is C19H28FN3O3. The highest BCUT2D eigenvalue weighted by molar-refractivity contribution is 5.80. The molecule has 0 atom stereocenters. The molecular weight excluding hydrogens is 337 g/mol. The van der Waals surface area contributed by atoms with Gasteiger partial charge in [-0.15, -0.1) is 0 Å². The Morgan fingerprint density at radius 1 is 1.38 bits per heavy atom. The number of benzene rings is 1. The van der Waals surface area contributed by atoms with Crippen LogP contribution in [-0.2, 0) is 22.5 Å². The van der Waals surface area contributed by atoms with Crippen molar-refractivity contribution in [2.45, 2.75) is 38.9 Å². The Bertz CT molecular complexity index is 631. The molecule has 0 aromatic heterocycles. The van der Waals surface area contributed by atoms with E-state index in [0.29, 0.717) is 25.7 Å². The summed E-state index contributed by atoms with van der Waals surface area (Å²) < 4.78 is 30.3. The van der Waals surface area contributed by atoms with Crippen molar-refractivity contribution in [2.75, 3.05) is 40.1 Å². The highest BCUT2D eigenvalue weighted by atomic mass is 19.1. The fraction of sp³-hybridized carbons (Fsp3) is 0.632. The fourth-order valence-electron chi connectivity index (χ4n) is 3.55. The molecule has 0 amide bonds. The van der Waals surface area contributed by atoms with Gasteiger partial charge >= 0.3 is 0 Å². The average Bonchev–Trinajstić information content (AvgIpc) is 2.66. The van der Waals surface area contributed by atoms with Crippen LogP contribution >= 0.6 is 0 Å². The van der Waals surface area contributed by atoms with E-state index < -0.39 is 0 Å². The summed E-state index contributed by atoms with van der Waals surface area (Å²) in [7, 11) is 1.79. The van der Waals surface area contributed by atoms with Gasteiger partial charge in [-0.3, -0.25) is 4.99 Å². The van der Waals surface area contributed by atoms with E-state index in [0.717, 1.165) is 55.4 Å². The third-order valence-electron chi connectivity index (χ3n) is 4.78. The van der Waals surface area contributed by atoms with Crippen LogP contribution in [0.4, 0.5) is 4.39 Å². The predicted octanol–water partition coefficient (Wildman–Crippen LogP) is 2.31. The number of aliphatic imine (C=N–C) groups is 1. The fourth-order valence-corrected chi connectivity index (χ4v) is 3.55. The smallest absolute Gasteiger partial charge is 0.193 e. The van der Waals surface area contributed by atoms with E-state index in [1.165, 1.54) is 6.07 Å². The second-order valence-electron chi connectivity index (χ2n) is 6.53. The number of ether oxygens (including phenoxy) is 3. The summed E-state index contributed by atoms with van der Waals surface area (Å²) in [6, 6.07) is 3.02. The molecule has 0 saturated carbocycles. The minimum Gasteiger partial charge on any atom is -0.467 e. The second kappa shape index (κ2) is 9.19. The van der Waals surface area contributed by atoms with Crippen LogP contribution in [0, 0.1) is 5.82 Å². The van der Waals surface area contributed by atoms with Gasteiger partial charge in [-0.2, -0.15) is 0 Å². The van der Waals surface area contributed by atoms with E-state index in [1.807, 2.05) is 6.92 Å². The van der Waals surface area contributed by atoms with E-state index in [2.05, 4.69) is 15.2 Å². The number of nitrogens with one attached hydrogen (secondary N) is 1. The van der Waals surface area contributed by atoms with Crippen molar-refractivity contribution in [3.05, 3.63) is 29.1 Å². The van der Waals surface area contributed by atoms with Crippen molar-refractivity contribution in [1.29, 1.82) is 0 Å². The molecule has 2 aliphatic heterocycles. The summed E-state index contributed by atoms with van der Waals surface area (Å²) in [5.74, 6) is 1.39. The maximum atomic E-state index is 13.8. The third-order valence-corrected chi connectivity index (χ3v) is 4.78. The van der Waals surface area contributed by atoms with Gasteiger partial charge in [-0.05, 0) is 43.9 Å². The SMILES string of the molecule is CCOC1CCN(C(=NC)NCCc2cc(F)cc3c2OCOC3)CC1. The highest BCUT2D eigenvalue weighted by Crippen LogP contribution is 2.29. The highest BCUT2D eigenvalue weighted by Gasteiger charge is 2.22. The molecule has 0 bridgehead atoms. The maximum absolute atomic E-state index is 13.8. The number of fused-ring (bicyclic) bond motifs is 1. The quantitative estimate of drug-likeness (QED) is 0.641. The number of likely N-dealkylation sites (tertiary alicyclic amines) is 1. The van der Waals surface area contributed by atoms with Crippen molar-refractivity contribution in [1.82, 2.24) is 10.2 Å². The van der Waals surface area contributed by atoms with Gasteiger partial charge in [0, 0.05) is 38.9 Å².